The molecule has 1 heterocycles. The number of anilines is 1. The zero-order chi connectivity index (χ0) is 14.2. The number of fused-ring (bicyclic) bond motifs is 1. The van der Waals surface area contributed by atoms with Crippen LogP contribution in [0.4, 0.5) is 5.69 Å². The first kappa shape index (κ1) is 12.3. The zero-order valence-corrected chi connectivity index (χ0v) is 11.4. The summed E-state index contributed by atoms with van der Waals surface area (Å²) in [6.07, 6.45) is 0.917. The second-order valence-electron chi connectivity index (χ2n) is 5.42. The highest BCUT2D eigenvalue weighted by Gasteiger charge is 2.43. The molecule has 0 spiro atoms. The van der Waals surface area contributed by atoms with Crippen molar-refractivity contribution in [3.05, 3.63) is 54.1 Å². The molecular formula is C17H15NO3. The fraction of sp³-hybridized carbons (Fsp3) is 0.235. The van der Waals surface area contributed by atoms with Crippen molar-refractivity contribution < 1.29 is 14.3 Å². The first-order chi connectivity index (χ1) is 10.3. The van der Waals surface area contributed by atoms with Gasteiger partial charge in [0.1, 0.15) is 0 Å². The molecule has 1 amide bonds. The average Bonchev–Trinajstić information content (AvgIpc) is 3.19. The maximum absolute atomic E-state index is 12.3. The molecule has 2 aliphatic rings. The summed E-state index contributed by atoms with van der Waals surface area (Å²) in [6, 6.07) is 15.6. The fourth-order valence-electron chi connectivity index (χ4n) is 2.76. The number of hydrogen-bond donors (Lipinski definition) is 1. The predicted molar refractivity (Wildman–Crippen MR) is 78.5 cm³/mol. The van der Waals surface area contributed by atoms with Gasteiger partial charge < -0.3 is 14.8 Å². The molecule has 2 aromatic carbocycles. The Hall–Kier alpha value is -2.49. The Kier molecular flexibility index (Phi) is 2.81. The molecule has 4 rings (SSSR count). The molecule has 1 fully saturated rings. The number of hydrogen-bond acceptors (Lipinski definition) is 3. The molecule has 106 valence electrons. The SMILES string of the molecule is O=C(Nc1ccc2c(c1)OCO2)[C@@H]1C[C@@H]1c1ccccc1. The quantitative estimate of drug-likeness (QED) is 0.940. The third kappa shape index (κ3) is 2.33. The third-order valence-corrected chi connectivity index (χ3v) is 4.00. The maximum atomic E-state index is 12.3. The molecular weight excluding hydrogens is 266 g/mol. The van der Waals surface area contributed by atoms with Crippen LogP contribution in [0.3, 0.4) is 0 Å². The molecule has 1 N–H and O–H groups in total. The van der Waals surface area contributed by atoms with E-state index in [2.05, 4.69) is 17.4 Å². The number of carbonyl (C=O) groups excluding carboxylic acids is 1. The average molecular weight is 281 g/mol. The summed E-state index contributed by atoms with van der Waals surface area (Å²) >= 11 is 0. The zero-order valence-electron chi connectivity index (χ0n) is 11.4. The van der Waals surface area contributed by atoms with Gasteiger partial charge in [-0.1, -0.05) is 30.3 Å². The maximum Gasteiger partial charge on any atom is 0.231 e. The minimum absolute atomic E-state index is 0.0674. The standard InChI is InChI=1S/C17H15NO3/c19-17(14-9-13(14)11-4-2-1-3-5-11)18-12-6-7-15-16(8-12)21-10-20-15/h1-8,13-14H,9-10H2,(H,18,19)/t13-,14-/m1/s1. The van der Waals surface area contributed by atoms with Crippen molar-refractivity contribution in [1.82, 2.24) is 0 Å². The lowest BCUT2D eigenvalue weighted by Gasteiger charge is -2.06. The number of carbonyl (C=O) groups is 1. The number of rotatable bonds is 3. The van der Waals surface area contributed by atoms with Crippen molar-refractivity contribution in [2.75, 3.05) is 12.1 Å². The van der Waals surface area contributed by atoms with Gasteiger partial charge in [-0.25, -0.2) is 0 Å². The van der Waals surface area contributed by atoms with Gasteiger partial charge in [0.2, 0.25) is 12.7 Å². The molecule has 1 saturated carbocycles. The third-order valence-electron chi connectivity index (χ3n) is 4.00. The van der Waals surface area contributed by atoms with Crippen LogP contribution in [0.15, 0.2) is 48.5 Å². The molecule has 1 aliphatic heterocycles. The molecule has 2 atom stereocenters. The van der Waals surface area contributed by atoms with E-state index in [-0.39, 0.29) is 18.6 Å². The summed E-state index contributed by atoms with van der Waals surface area (Å²) in [5, 5.41) is 2.96. The van der Waals surface area contributed by atoms with Gasteiger partial charge in [-0.3, -0.25) is 4.79 Å². The summed E-state index contributed by atoms with van der Waals surface area (Å²) in [5.41, 5.74) is 1.99. The topological polar surface area (TPSA) is 47.6 Å². The van der Waals surface area contributed by atoms with E-state index in [4.69, 9.17) is 9.47 Å². The van der Waals surface area contributed by atoms with E-state index in [1.165, 1.54) is 5.56 Å². The fourth-order valence-corrected chi connectivity index (χ4v) is 2.76. The Balaban J connectivity index is 1.43. The van der Waals surface area contributed by atoms with Crippen molar-refractivity contribution in [3.8, 4) is 11.5 Å². The van der Waals surface area contributed by atoms with Crippen LogP contribution < -0.4 is 14.8 Å². The molecule has 0 aromatic heterocycles. The van der Waals surface area contributed by atoms with Gasteiger partial charge in [0, 0.05) is 17.7 Å². The first-order valence-corrected chi connectivity index (χ1v) is 7.07. The number of amides is 1. The highest BCUT2D eigenvalue weighted by molar-refractivity contribution is 5.95. The molecule has 0 radical (unpaired) electrons. The van der Waals surface area contributed by atoms with Crippen molar-refractivity contribution in [1.29, 1.82) is 0 Å². The van der Waals surface area contributed by atoms with Gasteiger partial charge >= 0.3 is 0 Å². The molecule has 21 heavy (non-hydrogen) atoms. The van der Waals surface area contributed by atoms with Gasteiger partial charge in [-0.05, 0) is 30.0 Å². The lowest BCUT2D eigenvalue weighted by atomic mass is 10.1. The molecule has 4 nitrogen and oxygen atoms in total. The molecule has 4 heteroatoms. The Morgan fingerprint density at radius 1 is 1.05 bits per heavy atom. The number of nitrogens with one attached hydrogen (secondary N) is 1. The Morgan fingerprint density at radius 2 is 1.86 bits per heavy atom. The highest BCUT2D eigenvalue weighted by atomic mass is 16.7. The van der Waals surface area contributed by atoms with E-state index in [1.54, 1.807) is 6.07 Å². The van der Waals surface area contributed by atoms with Crippen molar-refractivity contribution in [2.45, 2.75) is 12.3 Å². The largest absolute Gasteiger partial charge is 0.454 e. The van der Waals surface area contributed by atoms with Crippen LogP contribution in [-0.2, 0) is 4.79 Å². The van der Waals surface area contributed by atoms with Crippen LogP contribution >= 0.6 is 0 Å². The Morgan fingerprint density at radius 3 is 2.71 bits per heavy atom. The van der Waals surface area contributed by atoms with Crippen LogP contribution in [-0.4, -0.2) is 12.7 Å². The summed E-state index contributed by atoms with van der Waals surface area (Å²) < 4.78 is 10.6. The van der Waals surface area contributed by atoms with Crippen LogP contribution in [0.25, 0.3) is 0 Å². The smallest absolute Gasteiger partial charge is 0.231 e. The Labute approximate surface area is 122 Å². The summed E-state index contributed by atoms with van der Waals surface area (Å²) in [7, 11) is 0. The predicted octanol–water partition coefficient (Wildman–Crippen LogP) is 3.16. The summed E-state index contributed by atoms with van der Waals surface area (Å²) in [4.78, 5) is 12.3. The minimum atomic E-state index is 0.0674. The van der Waals surface area contributed by atoms with Crippen molar-refractivity contribution >= 4 is 11.6 Å². The van der Waals surface area contributed by atoms with E-state index in [0.29, 0.717) is 11.7 Å². The molecule has 1 aliphatic carbocycles. The normalized spacial score (nSPS) is 21.9. The van der Waals surface area contributed by atoms with Crippen LogP contribution in [0.5, 0.6) is 11.5 Å². The van der Waals surface area contributed by atoms with E-state index in [0.717, 1.165) is 17.9 Å². The summed E-state index contributed by atoms with van der Waals surface area (Å²) in [5.74, 6) is 1.89. The van der Waals surface area contributed by atoms with E-state index in [9.17, 15) is 4.79 Å². The van der Waals surface area contributed by atoms with Crippen LogP contribution in [0, 0.1) is 5.92 Å². The van der Waals surface area contributed by atoms with E-state index < -0.39 is 0 Å². The van der Waals surface area contributed by atoms with Gasteiger partial charge in [-0.15, -0.1) is 0 Å². The van der Waals surface area contributed by atoms with Gasteiger partial charge in [-0.2, -0.15) is 0 Å². The second-order valence-corrected chi connectivity index (χ2v) is 5.42. The second kappa shape index (κ2) is 4.81. The monoisotopic (exact) mass is 281 g/mol. The van der Waals surface area contributed by atoms with E-state index >= 15 is 0 Å². The Bertz CT molecular complexity index is 684. The number of benzene rings is 2. The molecule has 0 bridgehead atoms. The molecule has 2 aromatic rings. The van der Waals surface area contributed by atoms with Crippen molar-refractivity contribution in [3.63, 3.8) is 0 Å². The molecule has 0 unspecified atom stereocenters. The first-order valence-electron chi connectivity index (χ1n) is 7.07. The minimum Gasteiger partial charge on any atom is -0.454 e. The van der Waals surface area contributed by atoms with Crippen molar-refractivity contribution in [2.24, 2.45) is 5.92 Å². The lowest BCUT2D eigenvalue weighted by Crippen LogP contribution is -2.14. The summed E-state index contributed by atoms with van der Waals surface area (Å²) in [6.45, 7) is 0.242. The van der Waals surface area contributed by atoms with Gasteiger partial charge in [0.05, 0.1) is 0 Å². The van der Waals surface area contributed by atoms with Crippen LogP contribution in [0.2, 0.25) is 0 Å². The molecule has 0 saturated heterocycles. The van der Waals surface area contributed by atoms with Gasteiger partial charge in [0.15, 0.2) is 11.5 Å². The van der Waals surface area contributed by atoms with Crippen LogP contribution in [0.1, 0.15) is 17.9 Å². The highest BCUT2D eigenvalue weighted by Crippen LogP contribution is 2.48. The van der Waals surface area contributed by atoms with E-state index in [1.807, 2.05) is 30.3 Å². The lowest BCUT2D eigenvalue weighted by molar-refractivity contribution is -0.117. The van der Waals surface area contributed by atoms with Gasteiger partial charge in [0.25, 0.3) is 0 Å². The number of ether oxygens (including phenoxy) is 2.